The summed E-state index contributed by atoms with van der Waals surface area (Å²) in [6.07, 6.45) is 3.58. The summed E-state index contributed by atoms with van der Waals surface area (Å²) in [6, 6.07) is 4.66. The normalized spacial score (nSPS) is 28.4. The first kappa shape index (κ1) is 22.3. The average Bonchev–Trinajstić information content (AvgIpc) is 3.33. The first-order valence-corrected chi connectivity index (χ1v) is 11.4. The van der Waals surface area contributed by atoms with Crippen LogP contribution in [0.5, 0.6) is 0 Å². The van der Waals surface area contributed by atoms with E-state index in [1.165, 1.54) is 12.3 Å². The molecule has 1 aromatic heterocycles. The molecule has 1 atom stereocenters. The molecule has 6 rings (SSSR count). The van der Waals surface area contributed by atoms with Crippen molar-refractivity contribution in [3.05, 3.63) is 47.8 Å². The topological polar surface area (TPSA) is 51.2 Å². The molecule has 0 spiro atoms. The van der Waals surface area contributed by atoms with Gasteiger partial charge in [-0.3, -0.25) is 9.78 Å². The van der Waals surface area contributed by atoms with Crippen molar-refractivity contribution >= 4 is 11.6 Å². The molecule has 1 N–H and O–H groups in total. The number of pyridine rings is 1. The van der Waals surface area contributed by atoms with Crippen molar-refractivity contribution in [1.29, 1.82) is 0 Å². The molecule has 1 unspecified atom stereocenters. The first-order chi connectivity index (χ1) is 15.7. The number of benzene rings is 1. The molecular weight excluding hydrogens is 436 g/mol. The van der Waals surface area contributed by atoms with Crippen LogP contribution >= 0.6 is 0 Å². The van der Waals surface area contributed by atoms with Crippen molar-refractivity contribution < 1.29 is 27.1 Å². The standard InChI is InChI=1S/C25H26F4N2O2/c1-33-24-11-15(12-24)19(13-24)23(32)31-22-17(18-10-16(26)2-3-20(18)27)6-9-30-21(22)14-4-7-25(28,29)8-5-14/h2-3,6,9-10,14-15,19H,4-5,7-8,11-13H2,1H3,(H,31,32). The number of hydrogen-bond acceptors (Lipinski definition) is 3. The number of carbonyl (C=O) groups is 1. The number of carbonyl (C=O) groups excluding carboxylic acids is 1. The number of ether oxygens (including phenoxy) is 1. The molecule has 176 valence electrons. The second-order valence-corrected chi connectivity index (χ2v) is 9.73. The average molecular weight is 462 g/mol. The lowest BCUT2D eigenvalue weighted by Crippen LogP contribution is -2.37. The summed E-state index contributed by atoms with van der Waals surface area (Å²) in [5.74, 6) is -4.53. The van der Waals surface area contributed by atoms with Gasteiger partial charge in [-0.1, -0.05) is 0 Å². The third kappa shape index (κ3) is 4.03. The molecule has 0 radical (unpaired) electrons. The van der Waals surface area contributed by atoms with Crippen molar-refractivity contribution in [3.63, 3.8) is 0 Å². The highest BCUT2D eigenvalue weighted by Crippen LogP contribution is 2.57. The molecule has 33 heavy (non-hydrogen) atoms. The monoisotopic (exact) mass is 462 g/mol. The lowest BCUT2D eigenvalue weighted by Gasteiger charge is -2.36. The van der Waals surface area contributed by atoms with Crippen LogP contribution in [0.3, 0.4) is 0 Å². The second-order valence-electron chi connectivity index (χ2n) is 9.73. The summed E-state index contributed by atoms with van der Waals surface area (Å²) in [7, 11) is 1.65. The number of halogens is 4. The fourth-order valence-electron chi connectivity index (χ4n) is 5.85. The smallest absolute Gasteiger partial charge is 0.248 e. The van der Waals surface area contributed by atoms with Crippen LogP contribution in [0.2, 0.25) is 0 Å². The number of alkyl halides is 2. The highest BCUT2D eigenvalue weighted by Gasteiger charge is 2.58. The van der Waals surface area contributed by atoms with Gasteiger partial charge in [0.1, 0.15) is 11.6 Å². The number of methoxy groups -OCH3 is 1. The second kappa shape index (κ2) is 8.08. The van der Waals surface area contributed by atoms with Crippen LogP contribution in [0.1, 0.15) is 56.6 Å². The van der Waals surface area contributed by atoms with Crippen LogP contribution in [0.15, 0.2) is 30.5 Å². The predicted octanol–water partition coefficient (Wildman–Crippen LogP) is 6.07. The van der Waals surface area contributed by atoms with Gasteiger partial charge in [-0.15, -0.1) is 0 Å². The number of anilines is 1. The zero-order valence-electron chi connectivity index (χ0n) is 18.3. The van der Waals surface area contributed by atoms with Crippen molar-refractivity contribution in [2.24, 2.45) is 11.8 Å². The molecule has 1 aromatic carbocycles. The molecule has 2 aromatic rings. The van der Waals surface area contributed by atoms with Gasteiger partial charge in [-0.25, -0.2) is 17.6 Å². The maximum Gasteiger partial charge on any atom is 0.248 e. The quantitative estimate of drug-likeness (QED) is 0.549. The summed E-state index contributed by atoms with van der Waals surface area (Å²) < 4.78 is 61.8. The maximum atomic E-state index is 14.7. The SMILES string of the molecule is COC12CC(C1)C(C(=O)Nc1c(-c3cc(F)ccc3F)ccnc1C1CCC(F)(F)CC1)C2. The molecule has 8 heteroatoms. The number of nitrogens with one attached hydrogen (secondary N) is 1. The van der Waals surface area contributed by atoms with Crippen LogP contribution in [0, 0.1) is 23.5 Å². The number of fused-ring (bicyclic) bond motifs is 1. The van der Waals surface area contributed by atoms with Crippen LogP contribution in [-0.4, -0.2) is 29.5 Å². The number of nitrogens with zero attached hydrogens (tertiary/aromatic N) is 1. The van der Waals surface area contributed by atoms with Gasteiger partial charge >= 0.3 is 0 Å². The van der Waals surface area contributed by atoms with Gasteiger partial charge in [0.15, 0.2) is 0 Å². The molecule has 4 fully saturated rings. The van der Waals surface area contributed by atoms with Crippen molar-refractivity contribution in [2.75, 3.05) is 12.4 Å². The first-order valence-electron chi connectivity index (χ1n) is 11.4. The Morgan fingerprint density at radius 2 is 1.82 bits per heavy atom. The minimum Gasteiger partial charge on any atom is -0.378 e. The van der Waals surface area contributed by atoms with Gasteiger partial charge < -0.3 is 10.1 Å². The van der Waals surface area contributed by atoms with Gasteiger partial charge in [0.2, 0.25) is 11.8 Å². The van der Waals surface area contributed by atoms with Gasteiger partial charge in [0, 0.05) is 49.1 Å². The lowest BCUT2D eigenvalue weighted by molar-refractivity contribution is -0.120. The maximum absolute atomic E-state index is 14.7. The number of aromatic nitrogens is 1. The Bertz CT molecular complexity index is 1070. The summed E-state index contributed by atoms with van der Waals surface area (Å²) in [5.41, 5.74) is 0.787. The molecule has 2 bridgehead atoms. The minimum atomic E-state index is -2.72. The van der Waals surface area contributed by atoms with Crippen LogP contribution < -0.4 is 5.32 Å². The van der Waals surface area contributed by atoms with E-state index in [9.17, 15) is 22.4 Å². The Balaban J connectivity index is 1.52. The fourth-order valence-corrected chi connectivity index (χ4v) is 5.85. The molecule has 4 saturated carbocycles. The van der Waals surface area contributed by atoms with Gasteiger partial charge in [-0.2, -0.15) is 0 Å². The van der Waals surface area contributed by atoms with Gasteiger partial charge in [-0.05, 0) is 62.3 Å². The van der Waals surface area contributed by atoms with E-state index in [-0.39, 0.29) is 66.2 Å². The summed E-state index contributed by atoms with van der Waals surface area (Å²) >= 11 is 0. The zero-order valence-corrected chi connectivity index (χ0v) is 18.3. The van der Waals surface area contributed by atoms with Crippen LogP contribution in [0.25, 0.3) is 11.1 Å². The molecule has 0 aliphatic heterocycles. The van der Waals surface area contributed by atoms with E-state index < -0.39 is 17.6 Å². The highest BCUT2D eigenvalue weighted by molar-refractivity contribution is 5.98. The number of rotatable bonds is 5. The lowest BCUT2D eigenvalue weighted by atomic mass is 9.78. The molecule has 0 saturated heterocycles. The molecule has 1 amide bonds. The zero-order chi connectivity index (χ0) is 23.4. The molecule has 4 aliphatic rings. The summed E-state index contributed by atoms with van der Waals surface area (Å²) in [4.78, 5) is 17.7. The predicted molar refractivity (Wildman–Crippen MR) is 115 cm³/mol. The van der Waals surface area contributed by atoms with E-state index in [0.717, 1.165) is 31.0 Å². The Kier molecular flexibility index (Phi) is 5.46. The largest absolute Gasteiger partial charge is 0.378 e. The van der Waals surface area contributed by atoms with E-state index in [0.29, 0.717) is 17.7 Å². The molecule has 1 heterocycles. The van der Waals surface area contributed by atoms with Crippen LogP contribution in [0.4, 0.5) is 23.2 Å². The van der Waals surface area contributed by atoms with E-state index in [2.05, 4.69) is 10.3 Å². The van der Waals surface area contributed by atoms with Crippen molar-refractivity contribution in [2.45, 2.75) is 62.4 Å². The van der Waals surface area contributed by atoms with E-state index in [1.807, 2.05) is 0 Å². The fraction of sp³-hybridized carbons (Fsp3) is 0.520. The molecular formula is C25H26F4N2O2. The Labute approximate surface area is 189 Å². The Morgan fingerprint density at radius 1 is 1.09 bits per heavy atom. The van der Waals surface area contributed by atoms with Crippen LogP contribution in [-0.2, 0) is 9.53 Å². The Morgan fingerprint density at radius 3 is 2.48 bits per heavy atom. The number of amides is 1. The van der Waals surface area contributed by atoms with E-state index in [4.69, 9.17) is 4.74 Å². The van der Waals surface area contributed by atoms with Crippen molar-refractivity contribution in [1.82, 2.24) is 4.98 Å². The molecule has 4 nitrogen and oxygen atoms in total. The molecule has 4 aliphatic carbocycles. The Hall–Kier alpha value is -2.48. The third-order valence-corrected chi connectivity index (χ3v) is 7.75. The highest BCUT2D eigenvalue weighted by atomic mass is 19.3. The van der Waals surface area contributed by atoms with E-state index >= 15 is 0 Å². The minimum absolute atomic E-state index is 0.000767. The summed E-state index contributed by atoms with van der Waals surface area (Å²) in [5, 5.41) is 2.95. The number of hydrogen-bond donors (Lipinski definition) is 1. The van der Waals surface area contributed by atoms with Crippen molar-refractivity contribution in [3.8, 4) is 11.1 Å². The van der Waals surface area contributed by atoms with Gasteiger partial charge in [0.25, 0.3) is 0 Å². The third-order valence-electron chi connectivity index (χ3n) is 7.75. The summed E-state index contributed by atoms with van der Waals surface area (Å²) in [6.45, 7) is 0. The van der Waals surface area contributed by atoms with E-state index in [1.54, 1.807) is 7.11 Å². The van der Waals surface area contributed by atoms with Gasteiger partial charge in [0.05, 0.1) is 17.0 Å².